The van der Waals surface area contributed by atoms with Gasteiger partial charge < -0.3 is 15.0 Å². The maximum absolute atomic E-state index is 5.81. The van der Waals surface area contributed by atoms with Gasteiger partial charge in [0.15, 0.2) is 0 Å². The summed E-state index contributed by atoms with van der Waals surface area (Å²) in [6, 6.07) is 5.99. The van der Waals surface area contributed by atoms with Crippen LogP contribution in [0.4, 0.5) is 5.69 Å². The van der Waals surface area contributed by atoms with Crippen LogP contribution in [-0.4, -0.2) is 28.3 Å². The molecule has 5 nitrogen and oxygen atoms in total. The zero-order valence-corrected chi connectivity index (χ0v) is 12.1. The molecule has 1 aromatic carbocycles. The van der Waals surface area contributed by atoms with Gasteiger partial charge in [-0.15, -0.1) is 0 Å². The topological polar surface area (TPSA) is 62.8 Å². The van der Waals surface area contributed by atoms with Crippen LogP contribution in [0.3, 0.4) is 0 Å². The summed E-state index contributed by atoms with van der Waals surface area (Å²) in [5.41, 5.74) is 4.11. The minimum Gasteiger partial charge on any atom is -0.491 e. The standard InChI is InChI=1S/C14H11BrN4O/c15-9-5-10-12-11(6-9)20-4-3-16-14(12)13(19-10)8-1-2-17-18-7-8/h1-2,5-7,16,19H,3-4H2. The summed E-state index contributed by atoms with van der Waals surface area (Å²) in [7, 11) is 0. The third-order valence-electron chi connectivity index (χ3n) is 3.36. The van der Waals surface area contributed by atoms with Crippen LogP contribution in [-0.2, 0) is 0 Å². The number of aromatic nitrogens is 3. The van der Waals surface area contributed by atoms with E-state index in [0.29, 0.717) is 6.61 Å². The number of rotatable bonds is 1. The van der Waals surface area contributed by atoms with Crippen molar-refractivity contribution >= 4 is 32.5 Å². The van der Waals surface area contributed by atoms with Gasteiger partial charge in [0.25, 0.3) is 0 Å². The molecule has 2 aromatic heterocycles. The minimum atomic E-state index is 0.647. The Bertz CT molecular complexity index is 785. The van der Waals surface area contributed by atoms with Crippen LogP contribution in [0.15, 0.2) is 35.1 Å². The fourth-order valence-corrected chi connectivity index (χ4v) is 2.98. The molecule has 20 heavy (non-hydrogen) atoms. The van der Waals surface area contributed by atoms with Gasteiger partial charge in [-0.2, -0.15) is 10.2 Å². The molecule has 0 fully saturated rings. The maximum atomic E-state index is 5.81. The van der Waals surface area contributed by atoms with Crippen LogP contribution in [0.1, 0.15) is 0 Å². The lowest BCUT2D eigenvalue weighted by Gasteiger charge is -2.04. The molecule has 3 aromatic rings. The predicted molar refractivity (Wildman–Crippen MR) is 81.0 cm³/mol. The van der Waals surface area contributed by atoms with Gasteiger partial charge in [-0.1, -0.05) is 15.9 Å². The molecule has 1 aliphatic rings. The molecule has 0 spiro atoms. The molecule has 0 bridgehead atoms. The van der Waals surface area contributed by atoms with E-state index in [2.05, 4.69) is 42.5 Å². The molecule has 0 aliphatic carbocycles. The van der Waals surface area contributed by atoms with Gasteiger partial charge in [-0.05, 0) is 18.2 Å². The van der Waals surface area contributed by atoms with Crippen LogP contribution in [0.2, 0.25) is 0 Å². The monoisotopic (exact) mass is 330 g/mol. The summed E-state index contributed by atoms with van der Waals surface area (Å²) in [5.74, 6) is 0.888. The van der Waals surface area contributed by atoms with Crippen molar-refractivity contribution < 1.29 is 4.74 Å². The number of benzene rings is 1. The second kappa shape index (κ2) is 4.49. The Morgan fingerprint density at radius 3 is 3.05 bits per heavy atom. The highest BCUT2D eigenvalue weighted by molar-refractivity contribution is 9.10. The molecule has 1 aliphatic heterocycles. The molecule has 0 saturated heterocycles. The van der Waals surface area contributed by atoms with Crippen molar-refractivity contribution in [1.82, 2.24) is 15.2 Å². The number of nitrogens with one attached hydrogen (secondary N) is 2. The number of anilines is 1. The molecule has 0 saturated carbocycles. The second-order valence-electron chi connectivity index (χ2n) is 4.61. The van der Waals surface area contributed by atoms with Crippen molar-refractivity contribution in [2.45, 2.75) is 0 Å². The van der Waals surface area contributed by atoms with E-state index < -0.39 is 0 Å². The van der Waals surface area contributed by atoms with Gasteiger partial charge in [-0.25, -0.2) is 0 Å². The molecule has 4 rings (SSSR count). The van der Waals surface area contributed by atoms with Gasteiger partial charge in [-0.3, -0.25) is 0 Å². The lowest BCUT2D eigenvalue weighted by atomic mass is 10.1. The summed E-state index contributed by atoms with van der Waals surface area (Å²) in [5, 5.41) is 12.3. The zero-order chi connectivity index (χ0) is 13.5. The Balaban J connectivity index is 2.05. The van der Waals surface area contributed by atoms with Gasteiger partial charge in [0.1, 0.15) is 12.4 Å². The summed E-state index contributed by atoms with van der Waals surface area (Å²) in [6.07, 6.45) is 3.45. The molecule has 100 valence electrons. The Hall–Kier alpha value is -2.08. The number of nitrogens with zero attached hydrogens (tertiary/aromatic N) is 2. The van der Waals surface area contributed by atoms with E-state index in [1.807, 2.05) is 12.1 Å². The number of hydrogen-bond acceptors (Lipinski definition) is 4. The fraction of sp³-hybridized carbons (Fsp3) is 0.143. The first kappa shape index (κ1) is 11.7. The average molecular weight is 331 g/mol. The SMILES string of the molecule is Brc1cc2c3c(c(-c4ccnnc4)[nH]c3c1)NCCO2. The third kappa shape index (κ3) is 1.76. The Labute approximate surface area is 123 Å². The van der Waals surface area contributed by atoms with E-state index in [9.17, 15) is 0 Å². The van der Waals surface area contributed by atoms with Crippen LogP contribution in [0.5, 0.6) is 5.75 Å². The average Bonchev–Trinajstić information content (AvgIpc) is 2.68. The zero-order valence-electron chi connectivity index (χ0n) is 10.5. The molecule has 0 unspecified atom stereocenters. The number of ether oxygens (including phenoxy) is 1. The summed E-state index contributed by atoms with van der Waals surface area (Å²) in [4.78, 5) is 3.44. The smallest absolute Gasteiger partial charge is 0.132 e. The third-order valence-corrected chi connectivity index (χ3v) is 3.82. The van der Waals surface area contributed by atoms with Crippen molar-refractivity contribution in [1.29, 1.82) is 0 Å². The predicted octanol–water partition coefficient (Wildman–Crippen LogP) is 3.19. The minimum absolute atomic E-state index is 0.647. The Morgan fingerprint density at radius 1 is 1.25 bits per heavy atom. The highest BCUT2D eigenvalue weighted by Gasteiger charge is 2.20. The van der Waals surface area contributed by atoms with Crippen LogP contribution < -0.4 is 10.1 Å². The number of aromatic amines is 1. The van der Waals surface area contributed by atoms with E-state index in [4.69, 9.17) is 4.74 Å². The first-order valence-corrected chi connectivity index (χ1v) is 7.11. The maximum Gasteiger partial charge on any atom is 0.132 e. The summed E-state index contributed by atoms with van der Waals surface area (Å²) in [6.45, 7) is 1.42. The number of hydrogen-bond donors (Lipinski definition) is 2. The van der Waals surface area contributed by atoms with Crippen LogP contribution in [0, 0.1) is 0 Å². The quantitative estimate of drug-likeness (QED) is 0.719. The van der Waals surface area contributed by atoms with Crippen molar-refractivity contribution in [2.24, 2.45) is 0 Å². The van der Waals surface area contributed by atoms with E-state index in [1.54, 1.807) is 12.4 Å². The highest BCUT2D eigenvalue weighted by Crippen LogP contribution is 2.42. The van der Waals surface area contributed by atoms with Gasteiger partial charge >= 0.3 is 0 Å². The van der Waals surface area contributed by atoms with E-state index in [1.165, 1.54) is 0 Å². The molecule has 3 heterocycles. The molecular formula is C14H11BrN4O. The first-order chi connectivity index (χ1) is 9.83. The van der Waals surface area contributed by atoms with E-state index >= 15 is 0 Å². The van der Waals surface area contributed by atoms with Crippen LogP contribution >= 0.6 is 15.9 Å². The first-order valence-electron chi connectivity index (χ1n) is 6.32. The van der Waals surface area contributed by atoms with Gasteiger partial charge in [0.2, 0.25) is 0 Å². The van der Waals surface area contributed by atoms with E-state index in [-0.39, 0.29) is 0 Å². The summed E-state index contributed by atoms with van der Waals surface area (Å²) >= 11 is 3.52. The molecule has 2 N–H and O–H groups in total. The number of H-pyrrole nitrogens is 1. The van der Waals surface area contributed by atoms with Crippen molar-refractivity contribution in [3.63, 3.8) is 0 Å². The summed E-state index contributed by atoms with van der Waals surface area (Å²) < 4.78 is 6.80. The normalized spacial score (nSPS) is 13.7. The molecule has 0 radical (unpaired) electrons. The highest BCUT2D eigenvalue weighted by atomic mass is 79.9. The lowest BCUT2D eigenvalue weighted by molar-refractivity contribution is 0.339. The second-order valence-corrected chi connectivity index (χ2v) is 5.52. The molecule has 0 atom stereocenters. The molecule has 0 amide bonds. The fourth-order valence-electron chi connectivity index (χ4n) is 2.54. The Kier molecular flexibility index (Phi) is 2.63. The lowest BCUT2D eigenvalue weighted by Crippen LogP contribution is -2.08. The Morgan fingerprint density at radius 2 is 2.20 bits per heavy atom. The van der Waals surface area contributed by atoms with Crippen molar-refractivity contribution in [2.75, 3.05) is 18.5 Å². The van der Waals surface area contributed by atoms with Crippen LogP contribution in [0.25, 0.3) is 22.2 Å². The van der Waals surface area contributed by atoms with Gasteiger partial charge in [0, 0.05) is 16.6 Å². The van der Waals surface area contributed by atoms with Crippen molar-refractivity contribution in [3.05, 3.63) is 35.1 Å². The van der Waals surface area contributed by atoms with Gasteiger partial charge in [0.05, 0.1) is 34.7 Å². The van der Waals surface area contributed by atoms with Crippen molar-refractivity contribution in [3.8, 4) is 17.0 Å². The molecular weight excluding hydrogens is 320 g/mol. The molecule has 6 heteroatoms. The largest absolute Gasteiger partial charge is 0.491 e. The number of halogens is 1. The van der Waals surface area contributed by atoms with E-state index in [0.717, 1.165) is 44.6 Å².